The van der Waals surface area contributed by atoms with Gasteiger partial charge in [0.05, 0.1) is 42.4 Å². The van der Waals surface area contributed by atoms with Gasteiger partial charge in [0.2, 0.25) is 0 Å². The van der Waals surface area contributed by atoms with Gasteiger partial charge >= 0.3 is 0 Å². The third-order valence-corrected chi connectivity index (χ3v) is 4.98. The van der Waals surface area contributed by atoms with Crippen LogP contribution < -0.4 is 14.8 Å². The van der Waals surface area contributed by atoms with Crippen molar-refractivity contribution in [3.05, 3.63) is 41.2 Å². The highest BCUT2D eigenvalue weighted by Crippen LogP contribution is 2.37. The summed E-state index contributed by atoms with van der Waals surface area (Å²) in [7, 11) is 3.12. The summed E-state index contributed by atoms with van der Waals surface area (Å²) in [5.74, 6) is 1.64. The zero-order valence-corrected chi connectivity index (χ0v) is 16.5. The van der Waals surface area contributed by atoms with Gasteiger partial charge in [-0.2, -0.15) is 0 Å². The predicted octanol–water partition coefficient (Wildman–Crippen LogP) is 4.37. The summed E-state index contributed by atoms with van der Waals surface area (Å²) in [5, 5.41) is 3.69. The lowest BCUT2D eigenvalue weighted by Gasteiger charge is -2.31. The van der Waals surface area contributed by atoms with Gasteiger partial charge in [0, 0.05) is 31.4 Å². The Morgan fingerprint density at radius 2 is 2.00 bits per heavy atom. The average molecular weight is 390 g/mol. The van der Waals surface area contributed by atoms with Crippen LogP contribution in [0.2, 0.25) is 5.02 Å². The molecule has 3 rings (SSSR count). The number of benzene rings is 1. The maximum absolute atomic E-state index is 12.8. The molecule has 6 nitrogen and oxygen atoms in total. The van der Waals surface area contributed by atoms with E-state index in [0.717, 1.165) is 19.5 Å². The average Bonchev–Trinajstić information content (AvgIpc) is 2.68. The summed E-state index contributed by atoms with van der Waals surface area (Å²) in [6.45, 7) is 3.76. The molecule has 1 saturated heterocycles. The number of nitrogens with zero attached hydrogens (tertiary/aromatic N) is 2. The van der Waals surface area contributed by atoms with Gasteiger partial charge in [0.15, 0.2) is 0 Å². The summed E-state index contributed by atoms with van der Waals surface area (Å²) < 4.78 is 10.7. The Bertz CT molecular complexity index is 828. The maximum atomic E-state index is 12.8. The normalized spacial score (nSPS) is 16.7. The van der Waals surface area contributed by atoms with Crippen molar-refractivity contribution in [1.29, 1.82) is 0 Å². The Morgan fingerprint density at radius 1 is 1.22 bits per heavy atom. The molecule has 1 aliphatic heterocycles. The molecular weight excluding hydrogens is 366 g/mol. The van der Waals surface area contributed by atoms with Crippen LogP contribution in [-0.2, 0) is 0 Å². The first-order chi connectivity index (χ1) is 13.0. The lowest BCUT2D eigenvalue weighted by atomic mass is 10.00. The molecule has 27 heavy (non-hydrogen) atoms. The minimum Gasteiger partial charge on any atom is -0.495 e. The van der Waals surface area contributed by atoms with Crippen molar-refractivity contribution in [3.63, 3.8) is 0 Å². The van der Waals surface area contributed by atoms with E-state index >= 15 is 0 Å². The van der Waals surface area contributed by atoms with Crippen molar-refractivity contribution in [1.82, 2.24) is 9.88 Å². The van der Waals surface area contributed by atoms with Gasteiger partial charge in [-0.25, -0.2) is 0 Å². The van der Waals surface area contributed by atoms with Gasteiger partial charge in [-0.1, -0.05) is 18.5 Å². The molecule has 2 aromatic rings. The molecule has 0 spiro atoms. The Labute approximate surface area is 164 Å². The van der Waals surface area contributed by atoms with E-state index in [-0.39, 0.29) is 5.91 Å². The van der Waals surface area contributed by atoms with Gasteiger partial charge in [-0.3, -0.25) is 9.78 Å². The van der Waals surface area contributed by atoms with Crippen molar-refractivity contribution in [2.75, 3.05) is 32.6 Å². The minimum atomic E-state index is 0.0124. The molecule has 1 atom stereocenters. The van der Waals surface area contributed by atoms with E-state index in [0.29, 0.717) is 39.4 Å². The number of aromatic nitrogens is 1. The molecule has 1 unspecified atom stereocenters. The molecule has 0 aliphatic carbocycles. The van der Waals surface area contributed by atoms with Crippen LogP contribution in [-0.4, -0.2) is 43.1 Å². The Morgan fingerprint density at radius 3 is 2.70 bits per heavy atom. The summed E-state index contributed by atoms with van der Waals surface area (Å²) in [5.41, 5.74) is 1.93. The van der Waals surface area contributed by atoms with Gasteiger partial charge in [0.1, 0.15) is 11.5 Å². The highest BCUT2D eigenvalue weighted by atomic mass is 35.5. The number of methoxy groups -OCH3 is 2. The second kappa shape index (κ2) is 8.48. The Hall–Kier alpha value is -2.47. The zero-order valence-electron chi connectivity index (χ0n) is 15.8. The number of carbonyl (C=O) groups excluding carboxylic acids is 1. The second-order valence-corrected chi connectivity index (χ2v) is 7.18. The molecule has 2 heterocycles. The quantitative estimate of drug-likeness (QED) is 0.822. The van der Waals surface area contributed by atoms with E-state index in [2.05, 4.69) is 17.2 Å². The second-order valence-electron chi connectivity index (χ2n) is 6.77. The highest BCUT2D eigenvalue weighted by Gasteiger charge is 2.22. The van der Waals surface area contributed by atoms with Gasteiger partial charge in [0.25, 0.3) is 5.91 Å². The monoisotopic (exact) mass is 389 g/mol. The molecule has 1 aliphatic rings. The van der Waals surface area contributed by atoms with Crippen molar-refractivity contribution < 1.29 is 14.3 Å². The van der Waals surface area contributed by atoms with Gasteiger partial charge in [-0.15, -0.1) is 0 Å². The molecule has 1 fully saturated rings. The number of hydrogen-bond donors (Lipinski definition) is 1. The smallest absolute Gasteiger partial charge is 0.255 e. The molecule has 1 aromatic carbocycles. The number of halogens is 1. The molecule has 1 aromatic heterocycles. The number of carbonyl (C=O) groups is 1. The zero-order chi connectivity index (χ0) is 19.4. The first-order valence-corrected chi connectivity index (χ1v) is 9.32. The number of amides is 1. The summed E-state index contributed by atoms with van der Waals surface area (Å²) >= 11 is 6.15. The summed E-state index contributed by atoms with van der Waals surface area (Å²) in [6.07, 6.45) is 5.48. The number of pyridine rings is 1. The van der Waals surface area contributed by atoms with Crippen LogP contribution >= 0.6 is 11.6 Å². The van der Waals surface area contributed by atoms with Gasteiger partial charge < -0.3 is 19.7 Å². The lowest BCUT2D eigenvalue weighted by molar-refractivity contribution is 0.0682. The van der Waals surface area contributed by atoms with Crippen molar-refractivity contribution >= 4 is 28.9 Å². The Balaban J connectivity index is 1.83. The first-order valence-electron chi connectivity index (χ1n) is 8.94. The van der Waals surface area contributed by atoms with Crippen LogP contribution in [0.5, 0.6) is 11.5 Å². The van der Waals surface area contributed by atoms with Gasteiger partial charge in [-0.05, 0) is 24.8 Å². The molecule has 0 bridgehead atoms. The van der Waals surface area contributed by atoms with E-state index in [1.54, 1.807) is 44.8 Å². The molecule has 0 saturated carbocycles. The number of nitrogens with one attached hydrogen (secondary N) is 1. The van der Waals surface area contributed by atoms with Crippen molar-refractivity contribution in [2.45, 2.75) is 19.8 Å². The Kier molecular flexibility index (Phi) is 6.06. The van der Waals surface area contributed by atoms with E-state index < -0.39 is 0 Å². The standard InChI is InChI=1S/C20H24ClN3O3/c1-13-5-4-6-24(12-13)20(25)14-7-15(11-22-10-14)23-17-9-18(26-2)16(21)8-19(17)27-3/h7-11,13,23H,4-6,12H2,1-3H3. The summed E-state index contributed by atoms with van der Waals surface area (Å²) in [6, 6.07) is 5.23. The third-order valence-electron chi connectivity index (χ3n) is 4.68. The highest BCUT2D eigenvalue weighted by molar-refractivity contribution is 6.32. The fourth-order valence-electron chi connectivity index (χ4n) is 3.30. The first kappa shape index (κ1) is 19.3. The molecule has 1 amide bonds. The molecule has 7 heteroatoms. The van der Waals surface area contributed by atoms with Crippen LogP contribution in [0.3, 0.4) is 0 Å². The molecule has 144 valence electrons. The van der Waals surface area contributed by atoms with E-state index in [4.69, 9.17) is 21.1 Å². The fourth-order valence-corrected chi connectivity index (χ4v) is 3.53. The van der Waals surface area contributed by atoms with E-state index in [9.17, 15) is 4.79 Å². The number of likely N-dealkylation sites (tertiary alicyclic amines) is 1. The lowest BCUT2D eigenvalue weighted by Crippen LogP contribution is -2.39. The van der Waals surface area contributed by atoms with Crippen LogP contribution in [0.25, 0.3) is 0 Å². The van der Waals surface area contributed by atoms with E-state index in [1.165, 1.54) is 6.42 Å². The predicted molar refractivity (Wildman–Crippen MR) is 106 cm³/mol. The number of piperidine rings is 1. The minimum absolute atomic E-state index is 0.0124. The molecule has 1 N–H and O–H groups in total. The maximum Gasteiger partial charge on any atom is 0.255 e. The van der Waals surface area contributed by atoms with Crippen LogP contribution in [0, 0.1) is 5.92 Å². The van der Waals surface area contributed by atoms with Crippen molar-refractivity contribution in [3.8, 4) is 11.5 Å². The van der Waals surface area contributed by atoms with Crippen molar-refractivity contribution in [2.24, 2.45) is 5.92 Å². The SMILES string of the molecule is COc1cc(Nc2cncc(C(=O)N3CCCC(C)C3)c2)c(OC)cc1Cl. The number of ether oxygens (including phenoxy) is 2. The largest absolute Gasteiger partial charge is 0.495 e. The fraction of sp³-hybridized carbons (Fsp3) is 0.400. The molecular formula is C20H24ClN3O3. The van der Waals surface area contributed by atoms with Crippen LogP contribution in [0.15, 0.2) is 30.6 Å². The summed E-state index contributed by atoms with van der Waals surface area (Å²) in [4.78, 5) is 18.9. The van der Waals surface area contributed by atoms with Crippen LogP contribution in [0.1, 0.15) is 30.1 Å². The number of anilines is 2. The van der Waals surface area contributed by atoms with E-state index in [1.807, 2.05) is 4.90 Å². The number of hydrogen-bond acceptors (Lipinski definition) is 5. The number of rotatable bonds is 5. The molecule has 0 radical (unpaired) electrons. The topological polar surface area (TPSA) is 63.7 Å². The van der Waals surface area contributed by atoms with Crippen LogP contribution in [0.4, 0.5) is 11.4 Å². The third kappa shape index (κ3) is 4.45.